The van der Waals surface area contributed by atoms with Gasteiger partial charge in [-0.1, -0.05) is 81.6 Å². The van der Waals surface area contributed by atoms with Crippen LogP contribution in [0.2, 0.25) is 0 Å². The second-order valence-corrected chi connectivity index (χ2v) is 20.0. The normalized spacial score (nSPS) is 24.2. The molecule has 1 aromatic rings. The van der Waals surface area contributed by atoms with Gasteiger partial charge in [-0.3, -0.25) is 28.8 Å². The van der Waals surface area contributed by atoms with Gasteiger partial charge in [0.2, 0.25) is 28.5 Å². The molecule has 0 bridgehead atoms. The Kier molecular flexibility index (Phi) is 12.0. The summed E-state index contributed by atoms with van der Waals surface area (Å²) in [6.07, 6.45) is 11.6. The Labute approximate surface area is 331 Å². The highest BCUT2D eigenvalue weighted by Gasteiger charge is 2.70. The van der Waals surface area contributed by atoms with Crippen LogP contribution in [0.3, 0.4) is 0 Å². The molecule has 5 rings (SSSR count). The number of rotatable bonds is 14. The minimum Gasteiger partial charge on any atom is -0.369 e. The number of hydrogen-bond donors (Lipinski definition) is 4. The van der Waals surface area contributed by atoms with Gasteiger partial charge < -0.3 is 31.1 Å². The van der Waals surface area contributed by atoms with Gasteiger partial charge in [-0.2, -0.15) is 0 Å². The number of amides is 5. The zero-order valence-corrected chi connectivity index (χ0v) is 35.1. The van der Waals surface area contributed by atoms with Crippen molar-refractivity contribution in [2.75, 3.05) is 25.0 Å². The number of terminal acetylenes is 1. The van der Waals surface area contributed by atoms with Crippen LogP contribution in [-0.4, -0.2) is 84.8 Å². The van der Waals surface area contributed by atoms with Crippen molar-refractivity contribution in [3.05, 3.63) is 26.0 Å². The molecule has 4 aliphatic rings. The van der Waals surface area contributed by atoms with E-state index in [9.17, 15) is 33.6 Å². The quantitative estimate of drug-likeness (QED) is 0.165. The number of carbonyl (C=O) groups excluding carboxylic acids is 5. The standard InChI is InChI=1S/C43H64N6O7/c1-12-13-17-26(32(50)37(54)44-24-18-19-24)45-36(53)31-28-25(42(28,8)9)22-49(31)38(55)35(43(10)20-15-14-16-21-43)47-39(56)46-27(40(2,3)4)23-48(11)30-29(41(5,6)7)33(51)34(30)52/h1,24-28,31,35H,13-23H2,2-11H3,(H,44,54)(H,45,53)(H2,46,47,56)/t25?,26?,27-,28+,31+,35-/m1/s1. The number of carbonyl (C=O) groups is 5. The molecule has 2 unspecified atom stereocenters. The minimum atomic E-state index is -1.14. The number of likely N-dealkylation sites (tertiary alicyclic amines) is 1. The fourth-order valence-electron chi connectivity index (χ4n) is 9.23. The predicted octanol–water partition coefficient (Wildman–Crippen LogP) is 3.30. The number of anilines is 1. The van der Waals surface area contributed by atoms with Gasteiger partial charge >= 0.3 is 6.03 Å². The van der Waals surface area contributed by atoms with E-state index in [1.165, 1.54) is 0 Å². The van der Waals surface area contributed by atoms with E-state index in [0.717, 1.165) is 32.1 Å². The van der Waals surface area contributed by atoms with Gasteiger partial charge in [0, 0.05) is 38.2 Å². The fraction of sp³-hybridized carbons (Fsp3) is 0.744. The zero-order valence-electron chi connectivity index (χ0n) is 35.1. The lowest BCUT2D eigenvalue weighted by molar-refractivity contribution is -0.146. The number of nitrogens with zero attached hydrogens (tertiary/aromatic N) is 2. The summed E-state index contributed by atoms with van der Waals surface area (Å²) >= 11 is 0. The Morgan fingerprint density at radius 1 is 0.929 bits per heavy atom. The van der Waals surface area contributed by atoms with Crippen LogP contribution in [0.1, 0.15) is 126 Å². The van der Waals surface area contributed by atoms with Crippen molar-refractivity contribution in [1.82, 2.24) is 26.2 Å². The smallest absolute Gasteiger partial charge is 0.315 e. The molecule has 308 valence electrons. The lowest BCUT2D eigenvalue weighted by atomic mass is 9.70. The first kappa shape index (κ1) is 42.9. The molecule has 4 fully saturated rings. The monoisotopic (exact) mass is 776 g/mol. The van der Waals surface area contributed by atoms with Gasteiger partial charge in [0.1, 0.15) is 12.1 Å². The highest BCUT2D eigenvalue weighted by atomic mass is 16.2. The zero-order chi connectivity index (χ0) is 41.7. The average Bonchev–Trinajstić information content (AvgIpc) is 3.96. The lowest BCUT2D eigenvalue weighted by Gasteiger charge is -2.43. The number of hydrogen-bond acceptors (Lipinski definition) is 8. The van der Waals surface area contributed by atoms with E-state index in [0.29, 0.717) is 30.6 Å². The van der Waals surface area contributed by atoms with Crippen LogP contribution in [0.15, 0.2) is 9.59 Å². The third-order valence-corrected chi connectivity index (χ3v) is 13.1. The summed E-state index contributed by atoms with van der Waals surface area (Å²) in [4.78, 5) is 98.1. The highest BCUT2D eigenvalue weighted by molar-refractivity contribution is 6.38. The molecule has 1 aromatic carbocycles. The van der Waals surface area contributed by atoms with Gasteiger partial charge in [-0.05, 0) is 65.6 Å². The molecule has 3 aliphatic carbocycles. The van der Waals surface area contributed by atoms with Crippen LogP contribution in [0.5, 0.6) is 0 Å². The van der Waals surface area contributed by atoms with Crippen LogP contribution >= 0.6 is 0 Å². The number of fused-ring (bicyclic) bond motifs is 1. The van der Waals surface area contributed by atoms with Crippen molar-refractivity contribution < 1.29 is 24.0 Å². The number of urea groups is 1. The van der Waals surface area contributed by atoms with Crippen molar-refractivity contribution in [3.63, 3.8) is 0 Å². The summed E-state index contributed by atoms with van der Waals surface area (Å²) in [6.45, 7) is 18.3. The maximum Gasteiger partial charge on any atom is 0.315 e. The summed E-state index contributed by atoms with van der Waals surface area (Å²) in [5.41, 5.74) is -2.02. The topological polar surface area (TPSA) is 174 Å². The molecule has 0 spiro atoms. The average molecular weight is 777 g/mol. The molecule has 3 saturated carbocycles. The van der Waals surface area contributed by atoms with E-state index in [1.807, 2.05) is 48.5 Å². The maximum atomic E-state index is 15.0. The van der Waals surface area contributed by atoms with E-state index >= 15 is 0 Å². The molecule has 13 heteroatoms. The molecular formula is C43H64N6O7. The second kappa shape index (κ2) is 15.6. The van der Waals surface area contributed by atoms with Crippen molar-refractivity contribution in [2.45, 2.75) is 156 Å². The van der Waals surface area contributed by atoms with Crippen LogP contribution in [-0.2, 0) is 24.6 Å². The van der Waals surface area contributed by atoms with Crippen molar-refractivity contribution in [2.24, 2.45) is 28.1 Å². The van der Waals surface area contributed by atoms with Gasteiger partial charge in [0.15, 0.2) is 0 Å². The molecule has 1 saturated heterocycles. The van der Waals surface area contributed by atoms with Crippen molar-refractivity contribution in [3.8, 4) is 12.3 Å². The molecule has 13 nitrogen and oxygen atoms in total. The van der Waals surface area contributed by atoms with Crippen LogP contribution in [0, 0.1) is 40.4 Å². The van der Waals surface area contributed by atoms with Gasteiger partial charge in [-0.25, -0.2) is 4.79 Å². The number of likely N-dealkylation sites (N-methyl/N-ethyl adjacent to an activating group) is 1. The summed E-state index contributed by atoms with van der Waals surface area (Å²) in [5.74, 6) is 0.00134. The van der Waals surface area contributed by atoms with Gasteiger partial charge in [-0.15, -0.1) is 12.3 Å². The molecule has 0 radical (unpaired) electrons. The number of Topliss-reactive ketones (excluding diaryl/α,β-unsaturated/α-hetero) is 1. The Morgan fingerprint density at radius 3 is 2.11 bits per heavy atom. The number of ketones is 1. The molecule has 0 aromatic heterocycles. The van der Waals surface area contributed by atoms with E-state index in [2.05, 4.69) is 41.0 Å². The summed E-state index contributed by atoms with van der Waals surface area (Å²) in [7, 11) is 1.74. The molecule has 4 N–H and O–H groups in total. The molecule has 5 amide bonds. The van der Waals surface area contributed by atoms with Crippen molar-refractivity contribution >= 4 is 35.2 Å². The Balaban J connectivity index is 1.38. The minimum absolute atomic E-state index is 0.0369. The van der Waals surface area contributed by atoms with Crippen LogP contribution in [0.25, 0.3) is 0 Å². The maximum absolute atomic E-state index is 15.0. The molecule has 56 heavy (non-hydrogen) atoms. The molecule has 1 heterocycles. The van der Waals surface area contributed by atoms with Gasteiger partial charge in [0.25, 0.3) is 5.91 Å². The third-order valence-electron chi connectivity index (χ3n) is 13.1. The summed E-state index contributed by atoms with van der Waals surface area (Å²) < 4.78 is 0. The first-order valence-corrected chi connectivity index (χ1v) is 20.4. The molecule has 1 aliphatic heterocycles. The Hall–Kier alpha value is -4.21. The van der Waals surface area contributed by atoms with E-state index in [-0.39, 0.29) is 48.6 Å². The first-order valence-electron chi connectivity index (χ1n) is 20.4. The second-order valence-electron chi connectivity index (χ2n) is 20.0. The van der Waals surface area contributed by atoms with Gasteiger partial charge in [0.05, 0.1) is 17.8 Å². The van der Waals surface area contributed by atoms with E-state index < -0.39 is 74.9 Å². The molecular weight excluding hydrogens is 713 g/mol. The SMILES string of the molecule is C#CCCC(NC(=O)[C@@H]1[C@@H]2C(CN1C(=O)[C@@H](NC(=O)N[C@H](CN(C)c1c(C(C)(C)C)c(=O)c1=O)C(C)(C)C)C1(C)CCCCC1)C2(C)C)C(=O)C(=O)NC1CC1. The van der Waals surface area contributed by atoms with E-state index in [4.69, 9.17) is 6.42 Å². The summed E-state index contributed by atoms with van der Waals surface area (Å²) in [6, 6.07) is -4.07. The largest absolute Gasteiger partial charge is 0.369 e. The first-order chi connectivity index (χ1) is 25.9. The predicted molar refractivity (Wildman–Crippen MR) is 216 cm³/mol. The highest BCUT2D eigenvalue weighted by Crippen LogP contribution is 2.65. The Bertz CT molecular complexity index is 1830. The molecule has 6 atom stereocenters. The lowest BCUT2D eigenvalue weighted by Crippen LogP contribution is -2.63. The van der Waals surface area contributed by atoms with Crippen LogP contribution in [0.4, 0.5) is 10.5 Å². The number of nitrogens with one attached hydrogen (secondary N) is 4. The Morgan fingerprint density at radius 2 is 1.55 bits per heavy atom. The summed E-state index contributed by atoms with van der Waals surface area (Å²) in [5, 5.41) is 11.7. The third kappa shape index (κ3) is 8.69. The van der Waals surface area contributed by atoms with Crippen LogP contribution < -0.4 is 37.0 Å². The van der Waals surface area contributed by atoms with E-state index in [1.54, 1.807) is 16.8 Å². The van der Waals surface area contributed by atoms with Crippen molar-refractivity contribution in [1.29, 1.82) is 0 Å². The number of piperidine rings is 1. The fourth-order valence-corrected chi connectivity index (χ4v) is 9.23.